The molecule has 0 aliphatic rings. The lowest BCUT2D eigenvalue weighted by Crippen LogP contribution is -2.37. The summed E-state index contributed by atoms with van der Waals surface area (Å²) in [6.07, 6.45) is 8.32. The highest BCUT2D eigenvalue weighted by molar-refractivity contribution is 5.79. The molecule has 7 heteroatoms. The molecular weight excluding hydrogens is 366 g/mol. The number of rotatable bonds is 12. The standard InChI is InChI=1S/C22H33N5O2/c1-3-29-21(28)13-6-4-5-9-14-24-22(23-2)25-17-19-11-7-8-12-20(19)18-27-16-10-15-26-27/h7-8,10-12,15-16H,3-6,9,13-14,17-18H2,1-2H3,(H2,23,24,25). The van der Waals surface area contributed by atoms with Gasteiger partial charge in [-0.3, -0.25) is 14.5 Å². The van der Waals surface area contributed by atoms with Gasteiger partial charge in [0.2, 0.25) is 0 Å². The second-order valence-corrected chi connectivity index (χ2v) is 6.79. The minimum atomic E-state index is -0.0944. The lowest BCUT2D eigenvalue weighted by atomic mass is 10.1. The van der Waals surface area contributed by atoms with Gasteiger partial charge in [0.15, 0.2) is 5.96 Å². The Bertz CT molecular complexity index is 743. The van der Waals surface area contributed by atoms with Gasteiger partial charge in [0.05, 0.1) is 13.2 Å². The average molecular weight is 400 g/mol. The second-order valence-electron chi connectivity index (χ2n) is 6.79. The Balaban J connectivity index is 1.66. The van der Waals surface area contributed by atoms with E-state index in [1.54, 1.807) is 13.2 Å². The second kappa shape index (κ2) is 13.4. The predicted molar refractivity (Wildman–Crippen MR) is 116 cm³/mol. The molecule has 0 saturated heterocycles. The highest BCUT2D eigenvalue weighted by Crippen LogP contribution is 2.10. The van der Waals surface area contributed by atoms with Crippen molar-refractivity contribution in [2.24, 2.45) is 4.99 Å². The van der Waals surface area contributed by atoms with Crippen LogP contribution in [0.2, 0.25) is 0 Å². The van der Waals surface area contributed by atoms with Crippen molar-refractivity contribution in [3.63, 3.8) is 0 Å². The van der Waals surface area contributed by atoms with Crippen LogP contribution in [-0.2, 0) is 22.6 Å². The normalized spacial score (nSPS) is 11.3. The number of aliphatic imine (C=N–C) groups is 1. The molecule has 0 amide bonds. The molecule has 0 radical (unpaired) electrons. The van der Waals surface area contributed by atoms with Gasteiger partial charge in [-0.2, -0.15) is 5.10 Å². The summed E-state index contributed by atoms with van der Waals surface area (Å²) in [7, 11) is 1.78. The van der Waals surface area contributed by atoms with E-state index in [1.165, 1.54) is 11.1 Å². The summed E-state index contributed by atoms with van der Waals surface area (Å²) in [4.78, 5) is 15.6. The Kier molecular flexibility index (Phi) is 10.3. The van der Waals surface area contributed by atoms with Crippen LogP contribution in [-0.4, -0.2) is 41.9 Å². The molecule has 0 aliphatic heterocycles. The van der Waals surface area contributed by atoms with Crippen LogP contribution in [0, 0.1) is 0 Å². The van der Waals surface area contributed by atoms with E-state index < -0.39 is 0 Å². The van der Waals surface area contributed by atoms with Crippen molar-refractivity contribution in [2.45, 2.75) is 52.1 Å². The van der Waals surface area contributed by atoms with Gasteiger partial charge in [-0.1, -0.05) is 37.1 Å². The third kappa shape index (κ3) is 8.81. The van der Waals surface area contributed by atoms with E-state index in [1.807, 2.05) is 23.9 Å². The molecule has 0 spiro atoms. The van der Waals surface area contributed by atoms with Crippen molar-refractivity contribution < 1.29 is 9.53 Å². The van der Waals surface area contributed by atoms with E-state index in [-0.39, 0.29) is 5.97 Å². The van der Waals surface area contributed by atoms with E-state index in [0.29, 0.717) is 19.6 Å². The molecule has 1 aromatic heterocycles. The van der Waals surface area contributed by atoms with E-state index in [4.69, 9.17) is 4.74 Å². The van der Waals surface area contributed by atoms with Gasteiger partial charge in [0.25, 0.3) is 0 Å². The van der Waals surface area contributed by atoms with Gasteiger partial charge >= 0.3 is 5.97 Å². The van der Waals surface area contributed by atoms with Crippen LogP contribution in [0.15, 0.2) is 47.7 Å². The molecule has 2 aromatic rings. The number of guanidine groups is 1. The number of carbonyl (C=O) groups excluding carboxylic acids is 1. The lowest BCUT2D eigenvalue weighted by molar-refractivity contribution is -0.143. The Labute approximate surface area is 173 Å². The molecule has 2 N–H and O–H groups in total. The van der Waals surface area contributed by atoms with Gasteiger partial charge in [0.1, 0.15) is 0 Å². The summed E-state index contributed by atoms with van der Waals surface area (Å²) in [6, 6.07) is 10.3. The molecule has 0 atom stereocenters. The predicted octanol–water partition coefficient (Wildman–Crippen LogP) is 3.11. The van der Waals surface area contributed by atoms with Gasteiger partial charge < -0.3 is 15.4 Å². The highest BCUT2D eigenvalue weighted by atomic mass is 16.5. The summed E-state index contributed by atoms with van der Waals surface area (Å²) >= 11 is 0. The number of hydrogen-bond acceptors (Lipinski definition) is 4. The van der Waals surface area contributed by atoms with Gasteiger partial charge in [-0.15, -0.1) is 0 Å². The maximum atomic E-state index is 11.3. The number of unbranched alkanes of at least 4 members (excludes halogenated alkanes) is 3. The van der Waals surface area contributed by atoms with E-state index >= 15 is 0 Å². The van der Waals surface area contributed by atoms with Crippen LogP contribution < -0.4 is 10.6 Å². The molecule has 158 valence electrons. The maximum Gasteiger partial charge on any atom is 0.305 e. The summed E-state index contributed by atoms with van der Waals surface area (Å²) in [5, 5.41) is 11.0. The van der Waals surface area contributed by atoms with Crippen LogP contribution in [0.1, 0.15) is 50.2 Å². The fraction of sp³-hybridized carbons (Fsp3) is 0.500. The summed E-state index contributed by atoms with van der Waals surface area (Å²) < 4.78 is 6.86. The first kappa shape index (κ1) is 22.5. The number of benzene rings is 1. The smallest absolute Gasteiger partial charge is 0.305 e. The summed E-state index contributed by atoms with van der Waals surface area (Å²) in [5.74, 6) is 0.702. The molecule has 0 fully saturated rings. The largest absolute Gasteiger partial charge is 0.466 e. The van der Waals surface area contributed by atoms with Gasteiger partial charge in [0, 0.05) is 39.0 Å². The van der Waals surface area contributed by atoms with Crippen molar-refractivity contribution in [3.05, 3.63) is 53.9 Å². The fourth-order valence-electron chi connectivity index (χ4n) is 3.04. The van der Waals surface area contributed by atoms with Crippen molar-refractivity contribution in [2.75, 3.05) is 20.2 Å². The van der Waals surface area contributed by atoms with Crippen molar-refractivity contribution in [1.82, 2.24) is 20.4 Å². The molecule has 1 aromatic carbocycles. The number of ether oxygens (including phenoxy) is 1. The Morgan fingerprint density at radius 2 is 1.90 bits per heavy atom. The van der Waals surface area contributed by atoms with Crippen molar-refractivity contribution in [1.29, 1.82) is 0 Å². The number of hydrogen-bond donors (Lipinski definition) is 2. The average Bonchev–Trinajstić information content (AvgIpc) is 3.24. The van der Waals surface area contributed by atoms with Crippen molar-refractivity contribution in [3.8, 4) is 0 Å². The number of nitrogens with zero attached hydrogens (tertiary/aromatic N) is 3. The van der Waals surface area contributed by atoms with E-state index in [9.17, 15) is 4.79 Å². The quantitative estimate of drug-likeness (QED) is 0.248. The Hall–Kier alpha value is -2.83. The zero-order chi connectivity index (χ0) is 20.7. The summed E-state index contributed by atoms with van der Waals surface area (Å²) in [6.45, 7) is 4.61. The topological polar surface area (TPSA) is 80.5 Å². The highest BCUT2D eigenvalue weighted by Gasteiger charge is 2.05. The first-order valence-electron chi connectivity index (χ1n) is 10.4. The minimum Gasteiger partial charge on any atom is -0.466 e. The monoisotopic (exact) mass is 399 g/mol. The maximum absolute atomic E-state index is 11.3. The van der Waals surface area contributed by atoms with Crippen LogP contribution in [0.3, 0.4) is 0 Å². The van der Waals surface area contributed by atoms with Crippen LogP contribution in [0.4, 0.5) is 0 Å². The molecule has 2 rings (SSSR count). The number of aromatic nitrogens is 2. The molecule has 1 heterocycles. The van der Waals surface area contributed by atoms with Crippen LogP contribution >= 0.6 is 0 Å². The fourth-order valence-corrected chi connectivity index (χ4v) is 3.04. The van der Waals surface area contributed by atoms with Crippen LogP contribution in [0.25, 0.3) is 0 Å². The number of nitrogens with one attached hydrogen (secondary N) is 2. The molecule has 0 saturated carbocycles. The molecule has 0 bridgehead atoms. The van der Waals surface area contributed by atoms with Gasteiger partial charge in [-0.05, 0) is 37.0 Å². The summed E-state index contributed by atoms with van der Waals surface area (Å²) in [5.41, 5.74) is 2.46. The molecule has 7 nitrogen and oxygen atoms in total. The number of esters is 1. The minimum absolute atomic E-state index is 0.0944. The molecule has 29 heavy (non-hydrogen) atoms. The van der Waals surface area contributed by atoms with Crippen molar-refractivity contribution >= 4 is 11.9 Å². The Morgan fingerprint density at radius 1 is 1.10 bits per heavy atom. The Morgan fingerprint density at radius 3 is 2.62 bits per heavy atom. The SMILES string of the molecule is CCOC(=O)CCCCCCNC(=NC)NCc1ccccc1Cn1cccn1. The molecule has 0 unspecified atom stereocenters. The lowest BCUT2D eigenvalue weighted by Gasteiger charge is -2.14. The van der Waals surface area contributed by atoms with E-state index in [2.05, 4.69) is 45.0 Å². The van der Waals surface area contributed by atoms with E-state index in [0.717, 1.165) is 44.7 Å². The molecule has 0 aliphatic carbocycles. The first-order chi connectivity index (χ1) is 14.2. The first-order valence-corrected chi connectivity index (χ1v) is 10.4. The third-order valence-corrected chi connectivity index (χ3v) is 4.59. The zero-order valence-corrected chi connectivity index (χ0v) is 17.6. The van der Waals surface area contributed by atoms with Gasteiger partial charge in [-0.25, -0.2) is 0 Å². The third-order valence-electron chi connectivity index (χ3n) is 4.59. The zero-order valence-electron chi connectivity index (χ0n) is 17.6. The molecular formula is C22H33N5O2. The van der Waals surface area contributed by atoms with Crippen LogP contribution in [0.5, 0.6) is 0 Å². The number of carbonyl (C=O) groups is 1.